The molecule has 1 nitrogen and oxygen atoms in total. The molecule has 0 bridgehead atoms. The average molecular weight is 148 g/mol. The monoisotopic (exact) mass is 148 g/mol. The minimum absolute atomic E-state index is 0.276. The van der Waals surface area contributed by atoms with Gasteiger partial charge in [-0.3, -0.25) is 4.79 Å². The summed E-state index contributed by atoms with van der Waals surface area (Å²) in [6.07, 6.45) is 6.81. The Hall–Kier alpha value is -0.850. The van der Waals surface area contributed by atoms with Crippen molar-refractivity contribution in [3.63, 3.8) is 0 Å². The van der Waals surface area contributed by atoms with Gasteiger partial charge in [0.15, 0.2) is 5.78 Å². The van der Waals surface area contributed by atoms with Crippen LogP contribution in [-0.2, 0) is 4.79 Å². The zero-order valence-electron chi connectivity index (χ0n) is 6.76. The molecule has 2 rings (SSSR count). The molecule has 11 heavy (non-hydrogen) atoms. The number of allylic oxidation sites excluding steroid dienone is 4. The zero-order valence-corrected chi connectivity index (χ0v) is 6.76. The van der Waals surface area contributed by atoms with Crippen molar-refractivity contribution in [1.29, 1.82) is 0 Å². The van der Waals surface area contributed by atoms with Gasteiger partial charge in [0.05, 0.1) is 0 Å². The van der Waals surface area contributed by atoms with Crippen molar-refractivity contribution in [2.45, 2.75) is 26.2 Å². The van der Waals surface area contributed by atoms with E-state index in [4.69, 9.17) is 0 Å². The Morgan fingerprint density at radius 3 is 3.09 bits per heavy atom. The largest absolute Gasteiger partial charge is 0.294 e. The van der Waals surface area contributed by atoms with Gasteiger partial charge in [0.2, 0.25) is 0 Å². The lowest BCUT2D eigenvalue weighted by Crippen LogP contribution is -2.01. The fourth-order valence-electron chi connectivity index (χ4n) is 1.96. The molecule has 58 valence electrons. The van der Waals surface area contributed by atoms with Crippen LogP contribution in [0.2, 0.25) is 0 Å². The zero-order chi connectivity index (χ0) is 7.84. The quantitative estimate of drug-likeness (QED) is 0.515. The summed E-state index contributed by atoms with van der Waals surface area (Å²) in [6, 6.07) is 0. The molecule has 0 saturated carbocycles. The summed E-state index contributed by atoms with van der Waals surface area (Å²) in [6.45, 7) is 2.24. The highest BCUT2D eigenvalue weighted by Crippen LogP contribution is 2.36. The van der Waals surface area contributed by atoms with Crippen molar-refractivity contribution >= 4 is 5.78 Å². The second kappa shape index (κ2) is 2.33. The maximum Gasteiger partial charge on any atom is 0.159 e. The summed E-state index contributed by atoms with van der Waals surface area (Å²) in [5, 5.41) is 0. The molecule has 0 N–H and O–H groups in total. The number of rotatable bonds is 0. The van der Waals surface area contributed by atoms with Gasteiger partial charge in [-0.25, -0.2) is 0 Å². The van der Waals surface area contributed by atoms with E-state index in [0.29, 0.717) is 12.3 Å². The fourth-order valence-corrected chi connectivity index (χ4v) is 1.96. The Balaban J connectivity index is 2.32. The van der Waals surface area contributed by atoms with E-state index in [1.54, 1.807) is 6.08 Å². The van der Waals surface area contributed by atoms with Crippen LogP contribution in [-0.4, -0.2) is 5.78 Å². The van der Waals surface area contributed by atoms with Crippen LogP contribution in [0.1, 0.15) is 26.2 Å². The molecule has 0 heterocycles. The fraction of sp³-hybridized carbons (Fsp3) is 0.500. The highest BCUT2D eigenvalue weighted by molar-refractivity contribution is 5.93. The van der Waals surface area contributed by atoms with Crippen LogP contribution in [0.15, 0.2) is 23.3 Å². The highest BCUT2D eigenvalue weighted by atomic mass is 16.1. The summed E-state index contributed by atoms with van der Waals surface area (Å²) in [5.74, 6) is 0.965. The van der Waals surface area contributed by atoms with E-state index in [2.05, 4.69) is 6.92 Å². The molecule has 2 aliphatic rings. The van der Waals surface area contributed by atoms with Gasteiger partial charge in [0, 0.05) is 6.42 Å². The molecule has 0 saturated heterocycles. The van der Waals surface area contributed by atoms with Crippen LogP contribution < -0.4 is 0 Å². The third kappa shape index (κ3) is 1.05. The lowest BCUT2D eigenvalue weighted by molar-refractivity contribution is -0.114. The molecular weight excluding hydrogens is 136 g/mol. The van der Waals surface area contributed by atoms with E-state index in [0.717, 1.165) is 6.42 Å². The van der Waals surface area contributed by atoms with Crippen LogP contribution in [0, 0.1) is 5.92 Å². The first-order valence-electron chi connectivity index (χ1n) is 4.20. The summed E-state index contributed by atoms with van der Waals surface area (Å²) in [7, 11) is 0. The standard InChI is InChI=1S/C10H12O/c1-7-2-3-8-6-9(11)4-5-10(7)8/h4-5,7H,2-3,6H2,1H3. The number of hydrogen-bond donors (Lipinski definition) is 0. The summed E-state index contributed by atoms with van der Waals surface area (Å²) in [4.78, 5) is 11.0. The van der Waals surface area contributed by atoms with Crippen molar-refractivity contribution < 1.29 is 4.79 Å². The maximum atomic E-state index is 11.0. The van der Waals surface area contributed by atoms with Crippen LogP contribution in [0.5, 0.6) is 0 Å². The minimum atomic E-state index is 0.276. The molecule has 0 spiro atoms. The second-order valence-corrected chi connectivity index (χ2v) is 3.48. The number of carbonyl (C=O) groups excluding carboxylic acids is 1. The molecule has 0 aromatic carbocycles. The van der Waals surface area contributed by atoms with E-state index in [1.807, 2.05) is 6.08 Å². The van der Waals surface area contributed by atoms with Gasteiger partial charge in [0.1, 0.15) is 0 Å². The van der Waals surface area contributed by atoms with Crippen molar-refractivity contribution in [3.05, 3.63) is 23.3 Å². The van der Waals surface area contributed by atoms with Crippen LogP contribution in [0.25, 0.3) is 0 Å². The van der Waals surface area contributed by atoms with E-state index >= 15 is 0 Å². The molecule has 0 amide bonds. The van der Waals surface area contributed by atoms with Crippen LogP contribution in [0.3, 0.4) is 0 Å². The Kier molecular flexibility index (Phi) is 1.45. The lowest BCUT2D eigenvalue weighted by Gasteiger charge is -2.09. The van der Waals surface area contributed by atoms with E-state index in [9.17, 15) is 4.79 Å². The van der Waals surface area contributed by atoms with Crippen molar-refractivity contribution in [1.82, 2.24) is 0 Å². The predicted octanol–water partition coefficient (Wildman–Crippen LogP) is 2.24. The van der Waals surface area contributed by atoms with Crippen molar-refractivity contribution in [2.75, 3.05) is 0 Å². The van der Waals surface area contributed by atoms with E-state index < -0.39 is 0 Å². The van der Waals surface area contributed by atoms with Gasteiger partial charge in [-0.15, -0.1) is 0 Å². The summed E-state index contributed by atoms with van der Waals surface area (Å²) >= 11 is 0. The topological polar surface area (TPSA) is 17.1 Å². The minimum Gasteiger partial charge on any atom is -0.294 e. The van der Waals surface area contributed by atoms with Crippen LogP contribution >= 0.6 is 0 Å². The summed E-state index contributed by atoms with van der Waals surface area (Å²) < 4.78 is 0. The normalized spacial score (nSPS) is 29.5. The van der Waals surface area contributed by atoms with E-state index in [-0.39, 0.29) is 5.78 Å². The average Bonchev–Trinajstić information content (AvgIpc) is 2.32. The molecule has 1 heteroatoms. The number of carbonyl (C=O) groups is 1. The molecule has 0 aliphatic heterocycles. The molecule has 0 fully saturated rings. The lowest BCUT2D eigenvalue weighted by atomic mass is 9.96. The Bertz CT molecular complexity index is 258. The van der Waals surface area contributed by atoms with Gasteiger partial charge in [-0.1, -0.05) is 18.6 Å². The molecule has 0 aromatic rings. The van der Waals surface area contributed by atoms with Gasteiger partial charge in [0.25, 0.3) is 0 Å². The second-order valence-electron chi connectivity index (χ2n) is 3.48. The molecular formula is C10H12O. The Morgan fingerprint density at radius 1 is 1.45 bits per heavy atom. The number of ketones is 1. The third-order valence-corrected chi connectivity index (χ3v) is 2.65. The smallest absolute Gasteiger partial charge is 0.159 e. The maximum absolute atomic E-state index is 11.0. The van der Waals surface area contributed by atoms with Crippen molar-refractivity contribution in [3.8, 4) is 0 Å². The van der Waals surface area contributed by atoms with Gasteiger partial charge < -0.3 is 0 Å². The first-order valence-corrected chi connectivity index (χ1v) is 4.20. The highest BCUT2D eigenvalue weighted by Gasteiger charge is 2.23. The van der Waals surface area contributed by atoms with Gasteiger partial charge in [-0.05, 0) is 30.4 Å². The first kappa shape index (κ1) is 6.84. The first-order chi connectivity index (χ1) is 5.27. The molecule has 1 atom stereocenters. The Morgan fingerprint density at radius 2 is 2.27 bits per heavy atom. The Labute approximate surface area is 66.8 Å². The molecule has 0 aromatic heterocycles. The molecule has 0 radical (unpaired) electrons. The third-order valence-electron chi connectivity index (χ3n) is 2.65. The molecule has 1 unspecified atom stereocenters. The van der Waals surface area contributed by atoms with Gasteiger partial charge >= 0.3 is 0 Å². The molecule has 2 aliphatic carbocycles. The SMILES string of the molecule is CC1CCC2=C1C=CC(=O)C2. The predicted molar refractivity (Wildman–Crippen MR) is 44.2 cm³/mol. The number of hydrogen-bond acceptors (Lipinski definition) is 1. The van der Waals surface area contributed by atoms with Gasteiger partial charge in [-0.2, -0.15) is 0 Å². The van der Waals surface area contributed by atoms with E-state index in [1.165, 1.54) is 17.6 Å². The van der Waals surface area contributed by atoms with Crippen LogP contribution in [0.4, 0.5) is 0 Å². The summed E-state index contributed by atoms with van der Waals surface area (Å²) in [5.41, 5.74) is 2.83. The van der Waals surface area contributed by atoms with Crippen molar-refractivity contribution in [2.24, 2.45) is 5.92 Å².